The summed E-state index contributed by atoms with van der Waals surface area (Å²) >= 11 is 0. The van der Waals surface area contributed by atoms with Crippen molar-refractivity contribution in [2.75, 3.05) is 18.4 Å². The van der Waals surface area contributed by atoms with E-state index in [1.54, 1.807) is 18.2 Å². The number of anilines is 1. The molecule has 0 saturated heterocycles. The molecular formula is C21H27F2IN4O2. The molecule has 0 fully saturated rings. The molecule has 2 aromatic carbocycles. The summed E-state index contributed by atoms with van der Waals surface area (Å²) in [6.07, 6.45) is 0.760. The molecule has 164 valence electrons. The van der Waals surface area contributed by atoms with Crippen molar-refractivity contribution >= 4 is 41.5 Å². The van der Waals surface area contributed by atoms with Gasteiger partial charge in [-0.2, -0.15) is 8.78 Å². The first-order chi connectivity index (χ1) is 14.0. The number of para-hydroxylation sites is 1. The van der Waals surface area contributed by atoms with Crippen LogP contribution in [0.1, 0.15) is 25.0 Å². The van der Waals surface area contributed by atoms with E-state index in [0.29, 0.717) is 24.6 Å². The fraction of sp³-hybridized carbons (Fsp3) is 0.333. The van der Waals surface area contributed by atoms with Gasteiger partial charge in [-0.1, -0.05) is 30.3 Å². The third kappa shape index (κ3) is 9.38. The topological polar surface area (TPSA) is 74.8 Å². The number of benzene rings is 2. The second-order valence-corrected chi connectivity index (χ2v) is 6.24. The van der Waals surface area contributed by atoms with Crippen molar-refractivity contribution in [2.24, 2.45) is 4.99 Å². The molecule has 6 nitrogen and oxygen atoms in total. The van der Waals surface area contributed by atoms with Gasteiger partial charge in [0.05, 0.1) is 6.54 Å². The zero-order chi connectivity index (χ0) is 21.1. The summed E-state index contributed by atoms with van der Waals surface area (Å²) in [5.41, 5.74) is 2.45. The lowest BCUT2D eigenvalue weighted by molar-refractivity contribution is -0.114. The van der Waals surface area contributed by atoms with Crippen molar-refractivity contribution in [2.45, 2.75) is 33.4 Å². The third-order valence-electron chi connectivity index (χ3n) is 3.92. The summed E-state index contributed by atoms with van der Waals surface area (Å²) < 4.78 is 29.6. The first-order valence-electron chi connectivity index (χ1n) is 9.39. The van der Waals surface area contributed by atoms with Crippen LogP contribution < -0.4 is 20.7 Å². The number of ether oxygens (including phenoxy) is 1. The molecule has 0 unspecified atom stereocenters. The summed E-state index contributed by atoms with van der Waals surface area (Å²) in [7, 11) is 0. The molecule has 0 saturated carbocycles. The van der Waals surface area contributed by atoms with Crippen LogP contribution in [0, 0.1) is 0 Å². The Labute approximate surface area is 192 Å². The van der Waals surface area contributed by atoms with Crippen molar-refractivity contribution in [1.29, 1.82) is 0 Å². The Kier molecular flexibility index (Phi) is 11.7. The predicted octanol–water partition coefficient (Wildman–Crippen LogP) is 4.16. The standard InChI is InChI=1S/C21H26F2N4O2.HI/c1-3-24-21(26-14-17-6-4-5-7-19(17)29-20(22)23)25-13-12-16-8-10-18(11-9-16)27-15(2)28;/h4-11,20H,3,12-14H2,1-2H3,(H,27,28)(H2,24,25,26);1H. The van der Waals surface area contributed by atoms with Gasteiger partial charge in [0.25, 0.3) is 0 Å². The van der Waals surface area contributed by atoms with Crippen molar-refractivity contribution in [3.63, 3.8) is 0 Å². The number of aliphatic imine (C=N–C) groups is 1. The normalized spacial score (nSPS) is 10.9. The van der Waals surface area contributed by atoms with Crippen LogP contribution in [0.15, 0.2) is 53.5 Å². The molecule has 0 heterocycles. The van der Waals surface area contributed by atoms with E-state index in [9.17, 15) is 13.6 Å². The summed E-state index contributed by atoms with van der Waals surface area (Å²) in [5.74, 6) is 0.613. The van der Waals surface area contributed by atoms with E-state index in [4.69, 9.17) is 0 Å². The number of rotatable bonds is 9. The van der Waals surface area contributed by atoms with Crippen molar-refractivity contribution in [3.05, 3.63) is 59.7 Å². The molecule has 0 aliphatic heterocycles. The predicted molar refractivity (Wildman–Crippen MR) is 126 cm³/mol. The highest BCUT2D eigenvalue weighted by Gasteiger charge is 2.09. The Hall–Kier alpha value is -2.43. The van der Waals surface area contributed by atoms with E-state index < -0.39 is 6.61 Å². The quantitative estimate of drug-likeness (QED) is 0.258. The maximum atomic E-state index is 12.5. The van der Waals surface area contributed by atoms with Gasteiger partial charge in [0.1, 0.15) is 5.75 Å². The van der Waals surface area contributed by atoms with Gasteiger partial charge >= 0.3 is 6.61 Å². The second-order valence-electron chi connectivity index (χ2n) is 6.24. The number of hydrogen-bond donors (Lipinski definition) is 3. The van der Waals surface area contributed by atoms with Gasteiger partial charge in [-0.3, -0.25) is 4.79 Å². The number of nitrogens with one attached hydrogen (secondary N) is 3. The Balaban J connectivity index is 0.00000450. The molecule has 0 aromatic heterocycles. The molecule has 1 amide bonds. The van der Waals surface area contributed by atoms with E-state index in [1.807, 2.05) is 31.2 Å². The lowest BCUT2D eigenvalue weighted by atomic mass is 10.1. The summed E-state index contributed by atoms with van der Waals surface area (Å²) in [6.45, 7) is 2.07. The molecule has 3 N–H and O–H groups in total. The zero-order valence-corrected chi connectivity index (χ0v) is 19.3. The molecule has 0 aliphatic carbocycles. The van der Waals surface area contributed by atoms with Crippen LogP contribution in [0.2, 0.25) is 0 Å². The summed E-state index contributed by atoms with van der Waals surface area (Å²) in [5, 5.41) is 9.09. The Bertz CT molecular complexity index is 817. The van der Waals surface area contributed by atoms with E-state index in [1.165, 1.54) is 13.0 Å². The van der Waals surface area contributed by atoms with Gasteiger partial charge < -0.3 is 20.7 Å². The van der Waals surface area contributed by atoms with Gasteiger partial charge in [-0.15, -0.1) is 24.0 Å². The lowest BCUT2D eigenvalue weighted by Crippen LogP contribution is -2.38. The first kappa shape index (κ1) is 25.6. The highest BCUT2D eigenvalue weighted by atomic mass is 127. The Morgan fingerprint density at radius 1 is 1.10 bits per heavy atom. The number of nitrogens with zero attached hydrogens (tertiary/aromatic N) is 1. The molecule has 0 aliphatic rings. The number of halogens is 3. The minimum absolute atomic E-state index is 0. The SMILES string of the molecule is CCNC(=NCc1ccccc1OC(F)F)NCCc1ccc(NC(C)=O)cc1.I. The highest BCUT2D eigenvalue weighted by Crippen LogP contribution is 2.20. The van der Waals surface area contributed by atoms with Crippen LogP contribution in [-0.4, -0.2) is 31.6 Å². The van der Waals surface area contributed by atoms with Crippen molar-refractivity contribution in [1.82, 2.24) is 10.6 Å². The van der Waals surface area contributed by atoms with Crippen LogP contribution in [0.3, 0.4) is 0 Å². The van der Waals surface area contributed by atoms with Crippen molar-refractivity contribution < 1.29 is 18.3 Å². The monoisotopic (exact) mass is 532 g/mol. The van der Waals surface area contributed by atoms with Gasteiger partial charge in [-0.25, -0.2) is 4.99 Å². The fourth-order valence-electron chi connectivity index (χ4n) is 2.63. The number of alkyl halides is 2. The molecule has 0 radical (unpaired) electrons. The summed E-state index contributed by atoms with van der Waals surface area (Å²) in [4.78, 5) is 15.5. The summed E-state index contributed by atoms with van der Waals surface area (Å²) in [6, 6.07) is 14.2. The number of guanidine groups is 1. The largest absolute Gasteiger partial charge is 0.434 e. The van der Waals surface area contributed by atoms with Crippen LogP contribution in [0.5, 0.6) is 5.75 Å². The molecule has 9 heteroatoms. The molecule has 2 rings (SSSR count). The minimum Gasteiger partial charge on any atom is -0.434 e. The van der Waals surface area contributed by atoms with Gasteiger partial charge in [0.15, 0.2) is 5.96 Å². The van der Waals surface area contributed by atoms with Crippen molar-refractivity contribution in [3.8, 4) is 5.75 Å². The maximum Gasteiger partial charge on any atom is 0.387 e. The average Bonchev–Trinajstić information content (AvgIpc) is 2.67. The van der Waals surface area contributed by atoms with E-state index in [2.05, 4.69) is 25.7 Å². The fourth-order valence-corrected chi connectivity index (χ4v) is 2.63. The minimum atomic E-state index is -2.87. The van der Waals surface area contributed by atoms with E-state index in [-0.39, 0.29) is 42.2 Å². The number of hydrogen-bond acceptors (Lipinski definition) is 3. The van der Waals surface area contributed by atoms with Crippen LogP contribution in [-0.2, 0) is 17.8 Å². The zero-order valence-electron chi connectivity index (χ0n) is 17.0. The molecule has 0 bridgehead atoms. The number of carbonyl (C=O) groups excluding carboxylic acids is 1. The smallest absolute Gasteiger partial charge is 0.387 e. The van der Waals surface area contributed by atoms with Crippen LogP contribution in [0.4, 0.5) is 14.5 Å². The molecule has 0 spiro atoms. The first-order valence-corrected chi connectivity index (χ1v) is 9.39. The van der Waals surface area contributed by atoms with Gasteiger partial charge in [0.2, 0.25) is 5.91 Å². The Morgan fingerprint density at radius 3 is 2.43 bits per heavy atom. The van der Waals surface area contributed by atoms with Crippen LogP contribution >= 0.6 is 24.0 Å². The van der Waals surface area contributed by atoms with Gasteiger partial charge in [-0.05, 0) is 37.1 Å². The number of amides is 1. The maximum absolute atomic E-state index is 12.5. The Morgan fingerprint density at radius 2 is 1.80 bits per heavy atom. The molecule has 30 heavy (non-hydrogen) atoms. The highest BCUT2D eigenvalue weighted by molar-refractivity contribution is 14.0. The second kappa shape index (κ2) is 13.7. The van der Waals surface area contributed by atoms with Crippen LogP contribution in [0.25, 0.3) is 0 Å². The third-order valence-corrected chi connectivity index (χ3v) is 3.92. The van der Waals surface area contributed by atoms with Gasteiger partial charge in [0, 0.05) is 31.3 Å². The number of carbonyl (C=O) groups is 1. The average molecular weight is 532 g/mol. The molecule has 2 aromatic rings. The molecule has 0 atom stereocenters. The lowest BCUT2D eigenvalue weighted by Gasteiger charge is -2.13. The van der Waals surface area contributed by atoms with E-state index in [0.717, 1.165) is 17.7 Å². The molecular weight excluding hydrogens is 505 g/mol. The van der Waals surface area contributed by atoms with E-state index >= 15 is 0 Å².